The molecule has 1 amide bonds. The largest absolute Gasteiger partial charge is 0.306 e. The maximum Gasteiger partial charge on any atom is 0.258 e. The summed E-state index contributed by atoms with van der Waals surface area (Å²) in [6.45, 7) is 0. The van der Waals surface area contributed by atoms with Crippen molar-refractivity contribution in [1.82, 2.24) is 15.2 Å². The number of nitriles is 1. The van der Waals surface area contributed by atoms with Crippen LogP contribution in [-0.4, -0.2) is 21.1 Å². The minimum absolute atomic E-state index is 0.148. The van der Waals surface area contributed by atoms with Crippen LogP contribution in [0.3, 0.4) is 0 Å². The number of hydrogen-bond acceptors (Lipinski definition) is 4. The lowest BCUT2D eigenvalue weighted by Crippen LogP contribution is -2.13. The normalized spacial score (nSPS) is 9.83. The summed E-state index contributed by atoms with van der Waals surface area (Å²) in [7, 11) is 0. The number of aromatic nitrogens is 3. The van der Waals surface area contributed by atoms with Crippen LogP contribution in [0, 0.1) is 11.3 Å². The third-order valence-corrected chi connectivity index (χ3v) is 2.57. The standard InChI is InChI=1S/C10H5Cl2N5O/c11-7-4-14-8(12)1-6(7)10(18)16-9-5(2-13)3-15-17-9/h1,3-4H,(H2,15,16,17,18). The SMILES string of the molecule is N#Cc1cn[nH]c1NC(=O)c1cc(Cl)ncc1Cl. The van der Waals surface area contributed by atoms with E-state index in [4.69, 9.17) is 28.5 Å². The Kier molecular flexibility index (Phi) is 3.46. The molecule has 0 unspecified atom stereocenters. The maximum atomic E-state index is 11.9. The minimum Gasteiger partial charge on any atom is -0.306 e. The van der Waals surface area contributed by atoms with Gasteiger partial charge < -0.3 is 5.32 Å². The average Bonchev–Trinajstić information content (AvgIpc) is 2.79. The highest BCUT2D eigenvalue weighted by atomic mass is 35.5. The summed E-state index contributed by atoms with van der Waals surface area (Å²) in [6, 6.07) is 3.21. The molecule has 2 rings (SSSR count). The molecule has 0 aromatic carbocycles. The van der Waals surface area contributed by atoms with Crippen molar-refractivity contribution in [3.8, 4) is 6.07 Å². The van der Waals surface area contributed by atoms with Crippen molar-refractivity contribution in [3.63, 3.8) is 0 Å². The van der Waals surface area contributed by atoms with E-state index >= 15 is 0 Å². The van der Waals surface area contributed by atoms with Gasteiger partial charge in [0.05, 0.1) is 16.8 Å². The molecule has 0 saturated carbocycles. The van der Waals surface area contributed by atoms with E-state index in [-0.39, 0.29) is 27.1 Å². The fourth-order valence-corrected chi connectivity index (χ4v) is 1.58. The van der Waals surface area contributed by atoms with Crippen molar-refractivity contribution in [2.45, 2.75) is 0 Å². The summed E-state index contributed by atoms with van der Waals surface area (Å²) < 4.78 is 0. The van der Waals surface area contributed by atoms with Gasteiger partial charge in [0.2, 0.25) is 0 Å². The number of hydrogen-bond donors (Lipinski definition) is 2. The van der Waals surface area contributed by atoms with Gasteiger partial charge in [-0.1, -0.05) is 23.2 Å². The van der Waals surface area contributed by atoms with Gasteiger partial charge in [0, 0.05) is 6.20 Å². The molecule has 0 fully saturated rings. The van der Waals surface area contributed by atoms with Crippen molar-refractivity contribution >= 4 is 34.9 Å². The second-order valence-electron chi connectivity index (χ2n) is 3.21. The van der Waals surface area contributed by atoms with Crippen LogP contribution in [0.1, 0.15) is 15.9 Å². The Balaban J connectivity index is 2.28. The molecule has 18 heavy (non-hydrogen) atoms. The van der Waals surface area contributed by atoms with Gasteiger partial charge in [-0.05, 0) is 6.07 Å². The molecule has 0 saturated heterocycles. The summed E-state index contributed by atoms with van der Waals surface area (Å²) in [5.74, 6) is -0.309. The molecule has 6 nitrogen and oxygen atoms in total. The van der Waals surface area contributed by atoms with E-state index in [1.54, 1.807) is 0 Å². The van der Waals surface area contributed by atoms with Crippen LogP contribution in [0.4, 0.5) is 5.82 Å². The highest BCUT2D eigenvalue weighted by Gasteiger charge is 2.14. The van der Waals surface area contributed by atoms with Crippen molar-refractivity contribution in [2.24, 2.45) is 0 Å². The van der Waals surface area contributed by atoms with Gasteiger partial charge in [0.25, 0.3) is 5.91 Å². The molecule has 0 spiro atoms. The second-order valence-corrected chi connectivity index (χ2v) is 4.01. The Labute approximate surface area is 112 Å². The van der Waals surface area contributed by atoms with Crippen LogP contribution in [-0.2, 0) is 0 Å². The van der Waals surface area contributed by atoms with Gasteiger partial charge in [0.1, 0.15) is 22.6 Å². The zero-order valence-corrected chi connectivity index (χ0v) is 10.2. The number of carbonyl (C=O) groups is 1. The molecule has 2 heterocycles. The van der Waals surface area contributed by atoms with Gasteiger partial charge in [-0.2, -0.15) is 10.4 Å². The van der Waals surface area contributed by atoms with Crippen molar-refractivity contribution in [1.29, 1.82) is 5.26 Å². The number of rotatable bonds is 2. The molecule has 0 bridgehead atoms. The van der Waals surface area contributed by atoms with Crippen LogP contribution in [0.25, 0.3) is 0 Å². The summed E-state index contributed by atoms with van der Waals surface area (Å²) in [5.41, 5.74) is 0.384. The smallest absolute Gasteiger partial charge is 0.258 e. The van der Waals surface area contributed by atoms with E-state index in [1.807, 2.05) is 6.07 Å². The van der Waals surface area contributed by atoms with Crippen LogP contribution in [0.2, 0.25) is 10.2 Å². The molecule has 2 aromatic heterocycles. The van der Waals surface area contributed by atoms with Crippen LogP contribution in [0.5, 0.6) is 0 Å². The van der Waals surface area contributed by atoms with Crippen LogP contribution < -0.4 is 5.32 Å². The second kappa shape index (κ2) is 5.04. The van der Waals surface area contributed by atoms with Gasteiger partial charge in [-0.15, -0.1) is 0 Å². The van der Waals surface area contributed by atoms with Crippen molar-refractivity contribution < 1.29 is 4.79 Å². The van der Waals surface area contributed by atoms with Crippen molar-refractivity contribution in [2.75, 3.05) is 5.32 Å². The number of nitrogens with one attached hydrogen (secondary N) is 2. The lowest BCUT2D eigenvalue weighted by molar-refractivity contribution is 0.102. The third-order valence-electron chi connectivity index (χ3n) is 2.06. The summed E-state index contributed by atoms with van der Waals surface area (Å²) in [4.78, 5) is 15.6. The van der Waals surface area contributed by atoms with E-state index in [1.165, 1.54) is 18.5 Å². The highest BCUT2D eigenvalue weighted by molar-refractivity contribution is 6.35. The van der Waals surface area contributed by atoms with E-state index in [2.05, 4.69) is 20.5 Å². The first kappa shape index (κ1) is 12.4. The number of pyridine rings is 1. The van der Waals surface area contributed by atoms with E-state index in [0.29, 0.717) is 0 Å². The summed E-state index contributed by atoms with van der Waals surface area (Å²) in [6.07, 6.45) is 2.58. The molecule has 8 heteroatoms. The molecule has 0 aliphatic heterocycles. The predicted octanol–water partition coefficient (Wildman–Crippen LogP) is 2.24. The van der Waals surface area contributed by atoms with Gasteiger partial charge in [-0.3, -0.25) is 9.89 Å². The summed E-state index contributed by atoms with van der Waals surface area (Å²) in [5, 5.41) is 17.7. The van der Waals surface area contributed by atoms with Gasteiger partial charge >= 0.3 is 0 Å². The number of halogens is 2. The Morgan fingerprint density at radius 3 is 2.94 bits per heavy atom. The van der Waals surface area contributed by atoms with E-state index in [9.17, 15) is 4.79 Å². The molecule has 0 aliphatic carbocycles. The zero-order valence-electron chi connectivity index (χ0n) is 8.74. The average molecular weight is 282 g/mol. The quantitative estimate of drug-likeness (QED) is 0.826. The monoisotopic (exact) mass is 281 g/mol. The lowest BCUT2D eigenvalue weighted by Gasteiger charge is -2.05. The fourth-order valence-electron chi connectivity index (χ4n) is 1.23. The molecule has 0 aliphatic rings. The molecule has 0 radical (unpaired) electrons. The van der Waals surface area contributed by atoms with Crippen molar-refractivity contribution in [3.05, 3.63) is 39.8 Å². The highest BCUT2D eigenvalue weighted by Crippen LogP contribution is 2.20. The third kappa shape index (κ3) is 2.42. The first-order valence-corrected chi connectivity index (χ1v) is 5.43. The van der Waals surface area contributed by atoms with Gasteiger partial charge in [-0.25, -0.2) is 4.98 Å². The minimum atomic E-state index is -0.509. The van der Waals surface area contributed by atoms with Gasteiger partial charge in [0.15, 0.2) is 0 Å². The number of nitrogens with zero attached hydrogens (tertiary/aromatic N) is 3. The first-order chi connectivity index (χ1) is 8.61. The Morgan fingerprint density at radius 1 is 1.44 bits per heavy atom. The first-order valence-electron chi connectivity index (χ1n) is 4.67. The number of amides is 1. The van der Waals surface area contributed by atoms with Crippen LogP contribution >= 0.6 is 23.2 Å². The van der Waals surface area contributed by atoms with Crippen LogP contribution in [0.15, 0.2) is 18.5 Å². The maximum absolute atomic E-state index is 11.9. The number of aromatic amines is 1. The Bertz CT molecular complexity index is 646. The van der Waals surface area contributed by atoms with E-state index < -0.39 is 5.91 Å². The Morgan fingerprint density at radius 2 is 2.22 bits per heavy atom. The number of H-pyrrole nitrogens is 1. The summed E-state index contributed by atoms with van der Waals surface area (Å²) >= 11 is 11.5. The molecule has 0 atom stereocenters. The fraction of sp³-hybridized carbons (Fsp3) is 0. The molecule has 2 N–H and O–H groups in total. The number of anilines is 1. The topological polar surface area (TPSA) is 94.5 Å². The molecule has 90 valence electrons. The predicted molar refractivity (Wildman–Crippen MR) is 65.5 cm³/mol. The molecular formula is C10H5Cl2N5O. The molecular weight excluding hydrogens is 277 g/mol. The zero-order chi connectivity index (χ0) is 13.1. The lowest BCUT2D eigenvalue weighted by atomic mass is 10.2. The Hall–Kier alpha value is -2.10. The molecule has 2 aromatic rings. The van der Waals surface area contributed by atoms with E-state index in [0.717, 1.165) is 0 Å². The number of carbonyl (C=O) groups excluding carboxylic acids is 1.